The summed E-state index contributed by atoms with van der Waals surface area (Å²) >= 11 is 3.33. The van der Waals surface area contributed by atoms with E-state index in [9.17, 15) is 9.59 Å². The maximum atomic E-state index is 11.6. The summed E-state index contributed by atoms with van der Waals surface area (Å²) in [6.45, 7) is 4.09. The minimum absolute atomic E-state index is 0.280. The summed E-state index contributed by atoms with van der Waals surface area (Å²) in [6, 6.07) is 7.49. The third-order valence-electron chi connectivity index (χ3n) is 2.49. The van der Waals surface area contributed by atoms with Gasteiger partial charge in [0.1, 0.15) is 0 Å². The second-order valence-corrected chi connectivity index (χ2v) is 5.17. The van der Waals surface area contributed by atoms with Crippen LogP contribution >= 0.6 is 15.9 Å². The molecule has 4 nitrogen and oxygen atoms in total. The van der Waals surface area contributed by atoms with Crippen LogP contribution in [0.15, 0.2) is 34.8 Å². The van der Waals surface area contributed by atoms with E-state index in [-0.39, 0.29) is 5.91 Å². The van der Waals surface area contributed by atoms with Gasteiger partial charge in [-0.2, -0.15) is 0 Å². The van der Waals surface area contributed by atoms with Crippen molar-refractivity contribution in [3.05, 3.63) is 40.4 Å². The molecule has 0 spiro atoms. The molecular weight excluding hydrogens is 322 g/mol. The lowest BCUT2D eigenvalue weighted by atomic mass is 10.2. The highest BCUT2D eigenvalue weighted by atomic mass is 79.9. The normalized spacial score (nSPS) is 12.2. The molecule has 0 aliphatic heterocycles. The standard InChI is InChI=1S/C15H18BrNO3/c1-3-10-17-15(19)11(2)20-14(18)9-6-12-4-7-13(16)8-5-12/h4-9,11H,3,10H2,1-2H3,(H,17,19)/b9-6+. The van der Waals surface area contributed by atoms with Crippen molar-refractivity contribution < 1.29 is 14.3 Å². The van der Waals surface area contributed by atoms with Gasteiger partial charge < -0.3 is 10.1 Å². The Morgan fingerprint density at radius 3 is 2.60 bits per heavy atom. The molecule has 0 radical (unpaired) electrons. The zero-order chi connectivity index (χ0) is 15.0. The van der Waals surface area contributed by atoms with Crippen LogP contribution in [-0.2, 0) is 14.3 Å². The van der Waals surface area contributed by atoms with Gasteiger partial charge in [-0.25, -0.2) is 4.79 Å². The van der Waals surface area contributed by atoms with Gasteiger partial charge in [0, 0.05) is 17.1 Å². The van der Waals surface area contributed by atoms with E-state index in [4.69, 9.17) is 4.74 Å². The van der Waals surface area contributed by atoms with Gasteiger partial charge in [-0.1, -0.05) is 35.0 Å². The van der Waals surface area contributed by atoms with Crippen LogP contribution in [0.4, 0.5) is 0 Å². The molecule has 1 N–H and O–H groups in total. The van der Waals surface area contributed by atoms with Crippen LogP contribution in [0.3, 0.4) is 0 Å². The quantitative estimate of drug-likeness (QED) is 0.640. The lowest BCUT2D eigenvalue weighted by Gasteiger charge is -2.11. The third kappa shape index (κ3) is 6.02. The summed E-state index contributed by atoms with van der Waals surface area (Å²) in [6.07, 6.45) is 3.01. The first-order valence-corrected chi connectivity index (χ1v) is 7.24. The number of rotatable bonds is 6. The largest absolute Gasteiger partial charge is 0.449 e. The first kappa shape index (κ1) is 16.4. The fourth-order valence-electron chi connectivity index (χ4n) is 1.40. The Morgan fingerprint density at radius 2 is 2.00 bits per heavy atom. The number of ether oxygens (including phenoxy) is 1. The first-order chi connectivity index (χ1) is 9.52. The molecule has 0 bridgehead atoms. The number of benzene rings is 1. The summed E-state index contributed by atoms with van der Waals surface area (Å²) in [5.41, 5.74) is 0.883. The molecule has 1 atom stereocenters. The second kappa shape index (κ2) is 8.53. The molecule has 0 saturated heterocycles. The van der Waals surface area contributed by atoms with Crippen LogP contribution in [0.5, 0.6) is 0 Å². The van der Waals surface area contributed by atoms with E-state index in [2.05, 4.69) is 21.2 Å². The van der Waals surface area contributed by atoms with Crippen molar-refractivity contribution in [1.29, 1.82) is 0 Å². The van der Waals surface area contributed by atoms with Crippen molar-refractivity contribution >= 4 is 33.9 Å². The smallest absolute Gasteiger partial charge is 0.331 e. The summed E-state index contributed by atoms with van der Waals surface area (Å²) < 4.78 is 5.98. The topological polar surface area (TPSA) is 55.4 Å². The molecule has 1 aromatic rings. The van der Waals surface area contributed by atoms with Gasteiger partial charge in [0.05, 0.1) is 0 Å². The summed E-state index contributed by atoms with van der Waals surface area (Å²) in [7, 11) is 0. The molecule has 0 heterocycles. The monoisotopic (exact) mass is 339 g/mol. The van der Waals surface area contributed by atoms with Crippen LogP contribution < -0.4 is 5.32 Å². The third-order valence-corrected chi connectivity index (χ3v) is 3.02. The molecule has 0 fully saturated rings. The lowest BCUT2D eigenvalue weighted by Crippen LogP contribution is -2.35. The molecule has 1 rings (SSSR count). The minimum atomic E-state index is -0.788. The van der Waals surface area contributed by atoms with Crippen molar-refractivity contribution in [3.8, 4) is 0 Å². The van der Waals surface area contributed by atoms with E-state index >= 15 is 0 Å². The average Bonchev–Trinajstić information content (AvgIpc) is 2.44. The van der Waals surface area contributed by atoms with E-state index in [0.717, 1.165) is 16.5 Å². The van der Waals surface area contributed by atoms with Gasteiger partial charge in [0.25, 0.3) is 5.91 Å². The summed E-state index contributed by atoms with van der Waals surface area (Å²) in [5.74, 6) is -0.815. The van der Waals surface area contributed by atoms with Crippen molar-refractivity contribution in [3.63, 3.8) is 0 Å². The molecule has 1 aromatic carbocycles. The van der Waals surface area contributed by atoms with Gasteiger partial charge in [-0.3, -0.25) is 4.79 Å². The predicted molar refractivity (Wildman–Crippen MR) is 82.0 cm³/mol. The zero-order valence-corrected chi connectivity index (χ0v) is 13.1. The van der Waals surface area contributed by atoms with E-state index in [1.807, 2.05) is 31.2 Å². The van der Waals surface area contributed by atoms with E-state index in [0.29, 0.717) is 6.54 Å². The Morgan fingerprint density at radius 1 is 1.35 bits per heavy atom. The molecule has 20 heavy (non-hydrogen) atoms. The lowest BCUT2D eigenvalue weighted by molar-refractivity contribution is -0.150. The maximum absolute atomic E-state index is 11.6. The van der Waals surface area contributed by atoms with E-state index < -0.39 is 12.1 Å². The van der Waals surface area contributed by atoms with E-state index in [1.165, 1.54) is 6.08 Å². The number of hydrogen-bond donors (Lipinski definition) is 1. The Balaban J connectivity index is 2.46. The molecule has 1 amide bonds. The average molecular weight is 340 g/mol. The molecule has 0 aliphatic carbocycles. The SMILES string of the molecule is CCCNC(=O)C(C)OC(=O)/C=C/c1ccc(Br)cc1. The van der Waals surface area contributed by atoms with Crippen molar-refractivity contribution in [2.24, 2.45) is 0 Å². The van der Waals surface area contributed by atoms with Crippen molar-refractivity contribution in [2.75, 3.05) is 6.54 Å². The second-order valence-electron chi connectivity index (χ2n) is 4.26. The van der Waals surface area contributed by atoms with Crippen LogP contribution in [0.25, 0.3) is 6.08 Å². The molecule has 1 unspecified atom stereocenters. The molecule has 0 saturated carbocycles. The highest BCUT2D eigenvalue weighted by Crippen LogP contribution is 2.11. The predicted octanol–water partition coefficient (Wildman–Crippen LogP) is 2.92. The number of nitrogens with one attached hydrogen (secondary N) is 1. The molecular formula is C15H18BrNO3. The highest BCUT2D eigenvalue weighted by molar-refractivity contribution is 9.10. The molecule has 5 heteroatoms. The Kier molecular flexibility index (Phi) is 7.01. The number of halogens is 1. The van der Waals surface area contributed by atoms with Gasteiger partial charge in [-0.15, -0.1) is 0 Å². The number of carbonyl (C=O) groups is 2. The van der Waals surface area contributed by atoms with Gasteiger partial charge >= 0.3 is 5.97 Å². The van der Waals surface area contributed by atoms with Crippen LogP contribution in [0.2, 0.25) is 0 Å². The first-order valence-electron chi connectivity index (χ1n) is 6.45. The molecule has 0 aromatic heterocycles. The highest BCUT2D eigenvalue weighted by Gasteiger charge is 2.15. The van der Waals surface area contributed by atoms with Crippen LogP contribution in [0, 0.1) is 0 Å². The van der Waals surface area contributed by atoms with E-state index in [1.54, 1.807) is 13.0 Å². The fraction of sp³-hybridized carbons (Fsp3) is 0.333. The van der Waals surface area contributed by atoms with Gasteiger partial charge in [0.2, 0.25) is 0 Å². The minimum Gasteiger partial charge on any atom is -0.449 e. The number of carbonyl (C=O) groups excluding carboxylic acids is 2. The number of amides is 1. The summed E-state index contributed by atoms with van der Waals surface area (Å²) in [4.78, 5) is 23.1. The van der Waals surface area contributed by atoms with Crippen LogP contribution in [-0.4, -0.2) is 24.5 Å². The molecule has 108 valence electrons. The number of hydrogen-bond acceptors (Lipinski definition) is 3. The van der Waals surface area contributed by atoms with Gasteiger partial charge in [-0.05, 0) is 37.1 Å². The van der Waals surface area contributed by atoms with Crippen LogP contribution in [0.1, 0.15) is 25.8 Å². The fourth-order valence-corrected chi connectivity index (χ4v) is 1.66. The Bertz CT molecular complexity index is 482. The maximum Gasteiger partial charge on any atom is 0.331 e. The molecule has 0 aliphatic rings. The zero-order valence-electron chi connectivity index (χ0n) is 11.6. The van der Waals surface area contributed by atoms with Gasteiger partial charge in [0.15, 0.2) is 6.10 Å². The summed E-state index contributed by atoms with van der Waals surface area (Å²) in [5, 5.41) is 2.67. The Hall–Kier alpha value is -1.62. The Labute approximate surface area is 127 Å². The van der Waals surface area contributed by atoms with Crippen molar-refractivity contribution in [2.45, 2.75) is 26.4 Å². The van der Waals surface area contributed by atoms with Crippen molar-refractivity contribution in [1.82, 2.24) is 5.32 Å². The number of esters is 1.